The summed E-state index contributed by atoms with van der Waals surface area (Å²) in [6.45, 7) is 7.14. The number of halogens is 1. The number of nitrogens with zero attached hydrogens (tertiary/aromatic N) is 2. The minimum absolute atomic E-state index is 0. The van der Waals surface area contributed by atoms with E-state index >= 15 is 0 Å². The zero-order valence-corrected chi connectivity index (χ0v) is 15.5. The second-order valence-electron chi connectivity index (χ2n) is 5.12. The maximum absolute atomic E-state index is 5.60. The SMILES string of the molecule is CCN(CC)C(CNC(=NC)NC1CC1)c1ccco1.I. The summed E-state index contributed by atoms with van der Waals surface area (Å²) in [5.74, 6) is 1.89. The van der Waals surface area contributed by atoms with Gasteiger partial charge in [0.05, 0.1) is 12.3 Å². The molecule has 0 aromatic carbocycles. The Bertz CT molecular complexity index is 413. The average molecular weight is 406 g/mol. The first-order chi connectivity index (χ1) is 9.78. The minimum atomic E-state index is 0. The molecule has 2 rings (SSSR count). The lowest BCUT2D eigenvalue weighted by Gasteiger charge is -2.28. The second kappa shape index (κ2) is 9.30. The van der Waals surface area contributed by atoms with Crippen LogP contribution in [0.2, 0.25) is 0 Å². The van der Waals surface area contributed by atoms with E-state index < -0.39 is 0 Å². The Labute approximate surface area is 144 Å². The summed E-state index contributed by atoms with van der Waals surface area (Å²) < 4.78 is 5.60. The van der Waals surface area contributed by atoms with Crippen LogP contribution in [0.25, 0.3) is 0 Å². The molecule has 1 aromatic heterocycles. The van der Waals surface area contributed by atoms with Crippen molar-refractivity contribution in [1.82, 2.24) is 15.5 Å². The maximum Gasteiger partial charge on any atom is 0.191 e. The Balaban J connectivity index is 0.00000220. The quantitative estimate of drug-likeness (QED) is 0.415. The van der Waals surface area contributed by atoms with E-state index in [-0.39, 0.29) is 30.0 Å². The third kappa shape index (κ3) is 5.50. The fourth-order valence-electron chi connectivity index (χ4n) is 2.36. The van der Waals surface area contributed by atoms with Crippen molar-refractivity contribution in [3.8, 4) is 0 Å². The summed E-state index contributed by atoms with van der Waals surface area (Å²) in [6, 6.07) is 4.83. The lowest BCUT2D eigenvalue weighted by molar-refractivity contribution is 0.193. The number of rotatable bonds is 7. The van der Waals surface area contributed by atoms with E-state index in [9.17, 15) is 0 Å². The molecule has 1 aromatic rings. The van der Waals surface area contributed by atoms with Crippen molar-refractivity contribution < 1.29 is 4.42 Å². The van der Waals surface area contributed by atoms with E-state index in [1.54, 1.807) is 6.26 Å². The highest BCUT2D eigenvalue weighted by Gasteiger charge is 2.24. The largest absolute Gasteiger partial charge is 0.468 e. The van der Waals surface area contributed by atoms with Gasteiger partial charge in [0.2, 0.25) is 0 Å². The minimum Gasteiger partial charge on any atom is -0.468 e. The number of hydrogen-bond acceptors (Lipinski definition) is 3. The molecule has 0 aliphatic heterocycles. The van der Waals surface area contributed by atoms with E-state index in [2.05, 4.69) is 34.4 Å². The molecule has 0 saturated heterocycles. The molecule has 6 heteroatoms. The van der Waals surface area contributed by atoms with Crippen LogP contribution in [0.3, 0.4) is 0 Å². The lowest BCUT2D eigenvalue weighted by atomic mass is 10.2. The number of hydrogen-bond donors (Lipinski definition) is 2. The first-order valence-corrected chi connectivity index (χ1v) is 7.53. The number of guanidine groups is 1. The van der Waals surface area contributed by atoms with Gasteiger partial charge in [0, 0.05) is 19.6 Å². The molecule has 0 radical (unpaired) electrons. The van der Waals surface area contributed by atoms with Crippen LogP contribution in [-0.4, -0.2) is 43.6 Å². The second-order valence-corrected chi connectivity index (χ2v) is 5.12. The Kier molecular flexibility index (Phi) is 8.10. The summed E-state index contributed by atoms with van der Waals surface area (Å²) in [5, 5.41) is 6.82. The fourth-order valence-corrected chi connectivity index (χ4v) is 2.36. The van der Waals surface area contributed by atoms with Crippen molar-refractivity contribution in [2.75, 3.05) is 26.7 Å². The topological polar surface area (TPSA) is 52.8 Å². The first kappa shape index (κ1) is 18.3. The maximum atomic E-state index is 5.60. The third-order valence-corrected chi connectivity index (χ3v) is 3.73. The van der Waals surface area contributed by atoms with Crippen LogP contribution in [0.4, 0.5) is 0 Å². The monoisotopic (exact) mass is 406 g/mol. The molecule has 21 heavy (non-hydrogen) atoms. The summed E-state index contributed by atoms with van der Waals surface area (Å²) in [7, 11) is 1.82. The van der Waals surface area contributed by atoms with Crippen LogP contribution in [-0.2, 0) is 0 Å². The molecule has 0 amide bonds. The van der Waals surface area contributed by atoms with E-state index in [0.717, 1.165) is 31.4 Å². The van der Waals surface area contributed by atoms with Crippen LogP contribution in [0.5, 0.6) is 0 Å². The standard InChI is InChI=1S/C15H26N4O.HI/c1-4-19(5-2)13(14-7-6-10-20-14)11-17-15(16-3)18-12-8-9-12;/h6-7,10,12-13H,4-5,8-9,11H2,1-3H3,(H2,16,17,18);1H. The molecule has 5 nitrogen and oxygen atoms in total. The van der Waals surface area contributed by atoms with Crippen molar-refractivity contribution in [2.45, 2.75) is 38.8 Å². The van der Waals surface area contributed by atoms with Crippen LogP contribution in [0.15, 0.2) is 27.8 Å². The molecule has 1 saturated carbocycles. The predicted octanol–water partition coefficient (Wildman–Crippen LogP) is 2.61. The Hall–Kier alpha value is -0.760. The molecule has 2 N–H and O–H groups in total. The molecule has 1 fully saturated rings. The third-order valence-electron chi connectivity index (χ3n) is 3.73. The summed E-state index contributed by atoms with van der Waals surface area (Å²) >= 11 is 0. The molecular weight excluding hydrogens is 379 g/mol. The lowest BCUT2D eigenvalue weighted by Crippen LogP contribution is -2.43. The zero-order valence-electron chi connectivity index (χ0n) is 13.1. The predicted molar refractivity (Wildman–Crippen MR) is 97.3 cm³/mol. The van der Waals surface area contributed by atoms with Gasteiger partial charge in [-0.2, -0.15) is 0 Å². The van der Waals surface area contributed by atoms with Crippen LogP contribution >= 0.6 is 24.0 Å². The zero-order chi connectivity index (χ0) is 14.4. The van der Waals surface area contributed by atoms with E-state index in [4.69, 9.17) is 4.42 Å². The van der Waals surface area contributed by atoms with E-state index in [0.29, 0.717) is 6.04 Å². The van der Waals surface area contributed by atoms with E-state index in [1.165, 1.54) is 12.8 Å². The first-order valence-electron chi connectivity index (χ1n) is 7.53. The Morgan fingerprint density at radius 3 is 2.62 bits per heavy atom. The van der Waals surface area contributed by atoms with Crippen molar-refractivity contribution >= 4 is 29.9 Å². The number of aliphatic imine (C=N–C) groups is 1. The van der Waals surface area contributed by atoms with Gasteiger partial charge >= 0.3 is 0 Å². The van der Waals surface area contributed by atoms with Gasteiger partial charge in [0.25, 0.3) is 0 Å². The Morgan fingerprint density at radius 2 is 2.14 bits per heavy atom. The van der Waals surface area contributed by atoms with Gasteiger partial charge in [-0.05, 0) is 38.1 Å². The summed E-state index contributed by atoms with van der Waals surface area (Å²) in [5.41, 5.74) is 0. The highest BCUT2D eigenvalue weighted by atomic mass is 127. The van der Waals surface area contributed by atoms with Crippen molar-refractivity contribution in [2.24, 2.45) is 4.99 Å². The van der Waals surface area contributed by atoms with Gasteiger partial charge < -0.3 is 15.1 Å². The van der Waals surface area contributed by atoms with Gasteiger partial charge in [-0.3, -0.25) is 9.89 Å². The fraction of sp³-hybridized carbons (Fsp3) is 0.667. The molecule has 1 atom stereocenters. The average Bonchev–Trinajstić information content (AvgIpc) is 3.12. The van der Waals surface area contributed by atoms with Gasteiger partial charge in [-0.25, -0.2) is 0 Å². The van der Waals surface area contributed by atoms with Gasteiger partial charge in [-0.1, -0.05) is 13.8 Å². The number of nitrogens with one attached hydrogen (secondary N) is 2. The molecule has 1 heterocycles. The van der Waals surface area contributed by atoms with Gasteiger partial charge in [0.1, 0.15) is 5.76 Å². The van der Waals surface area contributed by atoms with Crippen LogP contribution in [0, 0.1) is 0 Å². The normalized spacial score (nSPS) is 16.5. The molecule has 1 unspecified atom stereocenters. The highest BCUT2D eigenvalue weighted by Crippen LogP contribution is 2.21. The molecule has 120 valence electrons. The van der Waals surface area contributed by atoms with Gasteiger partial charge in [0.15, 0.2) is 5.96 Å². The van der Waals surface area contributed by atoms with E-state index in [1.807, 2.05) is 19.2 Å². The number of likely N-dealkylation sites (N-methyl/N-ethyl adjacent to an activating group) is 1. The van der Waals surface area contributed by atoms with Gasteiger partial charge in [-0.15, -0.1) is 24.0 Å². The molecular formula is C15H27IN4O. The number of furan rings is 1. The van der Waals surface area contributed by atoms with Crippen LogP contribution in [0.1, 0.15) is 38.5 Å². The van der Waals surface area contributed by atoms with Crippen molar-refractivity contribution in [1.29, 1.82) is 0 Å². The van der Waals surface area contributed by atoms with Crippen molar-refractivity contribution in [3.63, 3.8) is 0 Å². The molecule has 0 bridgehead atoms. The Morgan fingerprint density at radius 1 is 1.43 bits per heavy atom. The molecule has 1 aliphatic rings. The highest BCUT2D eigenvalue weighted by molar-refractivity contribution is 14.0. The van der Waals surface area contributed by atoms with Crippen molar-refractivity contribution in [3.05, 3.63) is 24.2 Å². The summed E-state index contributed by atoms with van der Waals surface area (Å²) in [4.78, 5) is 6.66. The molecule has 0 spiro atoms. The van der Waals surface area contributed by atoms with Crippen LogP contribution < -0.4 is 10.6 Å². The molecule has 1 aliphatic carbocycles. The smallest absolute Gasteiger partial charge is 0.191 e. The summed E-state index contributed by atoms with van der Waals surface area (Å²) in [6.07, 6.45) is 4.24.